The number of amides is 1. The molecule has 1 atom stereocenters. The van der Waals surface area contributed by atoms with Gasteiger partial charge in [-0.15, -0.1) is 0 Å². The van der Waals surface area contributed by atoms with Gasteiger partial charge in [0.1, 0.15) is 0 Å². The van der Waals surface area contributed by atoms with E-state index in [2.05, 4.69) is 0 Å². The number of rotatable bonds is 4. The van der Waals surface area contributed by atoms with Crippen molar-refractivity contribution in [1.29, 1.82) is 0 Å². The van der Waals surface area contributed by atoms with Crippen LogP contribution >= 0.6 is 0 Å². The molecular weight excluding hydrogens is 270 g/mol. The zero-order chi connectivity index (χ0) is 15.5. The number of ether oxygens (including phenoxy) is 2. The van der Waals surface area contributed by atoms with Crippen LogP contribution in [0.25, 0.3) is 0 Å². The summed E-state index contributed by atoms with van der Waals surface area (Å²) >= 11 is 0. The quantitative estimate of drug-likeness (QED) is 0.923. The van der Waals surface area contributed by atoms with Crippen LogP contribution in [-0.4, -0.2) is 48.3 Å². The van der Waals surface area contributed by atoms with Crippen LogP contribution in [0.5, 0.6) is 11.5 Å². The smallest absolute Gasteiger partial charge is 0.254 e. The van der Waals surface area contributed by atoms with Crippen LogP contribution < -0.4 is 9.47 Å². The van der Waals surface area contributed by atoms with E-state index < -0.39 is 5.60 Å². The highest BCUT2D eigenvalue weighted by atomic mass is 16.5. The van der Waals surface area contributed by atoms with E-state index >= 15 is 0 Å². The van der Waals surface area contributed by atoms with Gasteiger partial charge in [-0.25, -0.2) is 0 Å². The number of carbonyl (C=O) groups is 1. The zero-order valence-electron chi connectivity index (χ0n) is 12.9. The number of β-amino-alcohol motifs (C(OH)–C–C–N with tert-alkyl or cyclic N) is 1. The highest BCUT2D eigenvalue weighted by Gasteiger charge is 2.31. The Bertz CT molecular complexity index is 513. The summed E-state index contributed by atoms with van der Waals surface area (Å²) in [4.78, 5) is 14.2. The molecule has 0 saturated carbocycles. The average Bonchev–Trinajstić information content (AvgIpc) is 2.46. The molecule has 0 radical (unpaired) electrons. The van der Waals surface area contributed by atoms with E-state index in [0.29, 0.717) is 36.8 Å². The van der Waals surface area contributed by atoms with Crippen molar-refractivity contribution in [2.75, 3.05) is 26.8 Å². The fraction of sp³-hybridized carbons (Fsp3) is 0.562. The molecule has 5 nitrogen and oxygen atoms in total. The first-order valence-corrected chi connectivity index (χ1v) is 7.29. The van der Waals surface area contributed by atoms with Gasteiger partial charge < -0.3 is 19.5 Å². The highest BCUT2D eigenvalue weighted by molar-refractivity contribution is 5.95. The van der Waals surface area contributed by atoms with Gasteiger partial charge in [0.15, 0.2) is 11.5 Å². The largest absolute Gasteiger partial charge is 0.493 e. The van der Waals surface area contributed by atoms with E-state index in [0.717, 1.165) is 12.8 Å². The molecule has 1 heterocycles. The third-order valence-electron chi connectivity index (χ3n) is 3.67. The summed E-state index contributed by atoms with van der Waals surface area (Å²) in [6, 6.07) is 5.17. The molecule has 1 N–H and O–H groups in total. The summed E-state index contributed by atoms with van der Waals surface area (Å²) in [5, 5.41) is 10.1. The van der Waals surface area contributed by atoms with Crippen LogP contribution in [-0.2, 0) is 0 Å². The van der Waals surface area contributed by atoms with E-state index in [9.17, 15) is 9.90 Å². The standard InChI is InChI=1S/C16H23NO4/c1-4-21-13-7-6-12(10-14(13)20-3)15(18)17-9-5-8-16(2,19)11-17/h6-7,10,19H,4-5,8-9,11H2,1-3H3. The molecule has 1 aliphatic rings. The second-order valence-electron chi connectivity index (χ2n) is 5.63. The molecule has 0 aromatic heterocycles. The minimum atomic E-state index is -0.802. The molecule has 1 saturated heterocycles. The van der Waals surface area contributed by atoms with Gasteiger partial charge in [-0.3, -0.25) is 4.79 Å². The van der Waals surface area contributed by atoms with Gasteiger partial charge in [-0.1, -0.05) is 0 Å². The molecule has 1 unspecified atom stereocenters. The number of methoxy groups -OCH3 is 1. The summed E-state index contributed by atoms with van der Waals surface area (Å²) in [7, 11) is 1.55. The molecule has 21 heavy (non-hydrogen) atoms. The highest BCUT2D eigenvalue weighted by Crippen LogP contribution is 2.29. The van der Waals surface area contributed by atoms with Crippen molar-refractivity contribution in [2.24, 2.45) is 0 Å². The Labute approximate surface area is 125 Å². The first-order chi connectivity index (χ1) is 9.96. The zero-order valence-corrected chi connectivity index (χ0v) is 12.9. The van der Waals surface area contributed by atoms with Gasteiger partial charge in [-0.05, 0) is 44.9 Å². The van der Waals surface area contributed by atoms with Crippen LogP contribution in [0.4, 0.5) is 0 Å². The minimum Gasteiger partial charge on any atom is -0.493 e. The number of carbonyl (C=O) groups excluding carboxylic acids is 1. The molecule has 0 bridgehead atoms. The third-order valence-corrected chi connectivity index (χ3v) is 3.67. The average molecular weight is 293 g/mol. The monoisotopic (exact) mass is 293 g/mol. The van der Waals surface area contributed by atoms with Crippen molar-refractivity contribution in [3.63, 3.8) is 0 Å². The predicted octanol–water partition coefficient (Wildman–Crippen LogP) is 2.08. The van der Waals surface area contributed by atoms with Crippen LogP contribution in [0.1, 0.15) is 37.0 Å². The van der Waals surface area contributed by atoms with Crippen LogP contribution in [0.15, 0.2) is 18.2 Å². The van der Waals surface area contributed by atoms with E-state index in [1.54, 1.807) is 37.1 Å². The van der Waals surface area contributed by atoms with Crippen molar-refractivity contribution >= 4 is 5.91 Å². The maximum atomic E-state index is 12.5. The molecule has 116 valence electrons. The minimum absolute atomic E-state index is 0.0867. The summed E-state index contributed by atoms with van der Waals surface area (Å²) < 4.78 is 10.7. The van der Waals surface area contributed by atoms with Gasteiger partial charge in [0.25, 0.3) is 5.91 Å². The fourth-order valence-electron chi connectivity index (χ4n) is 2.65. The summed E-state index contributed by atoms with van der Waals surface area (Å²) in [5.74, 6) is 1.09. The Kier molecular flexibility index (Phi) is 4.73. The molecule has 1 aromatic carbocycles. The molecule has 0 aliphatic carbocycles. The van der Waals surface area contributed by atoms with Crippen LogP contribution in [0.2, 0.25) is 0 Å². The molecule has 0 spiro atoms. The Morgan fingerprint density at radius 3 is 2.81 bits per heavy atom. The number of piperidine rings is 1. The van der Waals surface area contributed by atoms with Crippen molar-refractivity contribution in [2.45, 2.75) is 32.3 Å². The van der Waals surface area contributed by atoms with E-state index in [1.165, 1.54) is 0 Å². The van der Waals surface area contributed by atoms with Crippen molar-refractivity contribution in [3.05, 3.63) is 23.8 Å². The number of benzene rings is 1. The molecule has 1 amide bonds. The lowest BCUT2D eigenvalue weighted by Crippen LogP contribution is -2.48. The van der Waals surface area contributed by atoms with Crippen LogP contribution in [0.3, 0.4) is 0 Å². The molecule has 5 heteroatoms. The maximum absolute atomic E-state index is 12.5. The maximum Gasteiger partial charge on any atom is 0.254 e. The Balaban J connectivity index is 2.19. The van der Waals surface area contributed by atoms with Crippen LogP contribution in [0, 0.1) is 0 Å². The summed E-state index contributed by atoms with van der Waals surface area (Å²) in [5.41, 5.74) is -0.253. The number of aliphatic hydroxyl groups is 1. The SMILES string of the molecule is CCOc1ccc(C(=O)N2CCCC(C)(O)C2)cc1OC. The molecule has 1 aromatic rings. The normalized spacial score (nSPS) is 22.0. The van der Waals surface area contributed by atoms with E-state index in [1.807, 2.05) is 6.92 Å². The molecular formula is C16H23NO4. The van der Waals surface area contributed by atoms with E-state index in [-0.39, 0.29) is 5.91 Å². The van der Waals surface area contributed by atoms with Gasteiger partial charge in [0.05, 0.1) is 19.3 Å². The van der Waals surface area contributed by atoms with E-state index in [4.69, 9.17) is 9.47 Å². The number of hydrogen-bond acceptors (Lipinski definition) is 4. The Morgan fingerprint density at radius 2 is 2.19 bits per heavy atom. The topological polar surface area (TPSA) is 59.0 Å². The van der Waals surface area contributed by atoms with Crippen molar-refractivity contribution in [1.82, 2.24) is 4.90 Å². The van der Waals surface area contributed by atoms with Gasteiger partial charge >= 0.3 is 0 Å². The fourth-order valence-corrected chi connectivity index (χ4v) is 2.65. The molecule has 1 fully saturated rings. The molecule has 2 rings (SSSR count). The lowest BCUT2D eigenvalue weighted by atomic mass is 9.94. The van der Waals surface area contributed by atoms with Gasteiger partial charge in [0.2, 0.25) is 0 Å². The first-order valence-electron chi connectivity index (χ1n) is 7.29. The second kappa shape index (κ2) is 6.35. The van der Waals surface area contributed by atoms with Crippen molar-refractivity contribution in [3.8, 4) is 11.5 Å². The van der Waals surface area contributed by atoms with Gasteiger partial charge in [-0.2, -0.15) is 0 Å². The summed E-state index contributed by atoms with van der Waals surface area (Å²) in [6.45, 7) is 5.24. The lowest BCUT2D eigenvalue weighted by Gasteiger charge is -2.36. The van der Waals surface area contributed by atoms with Crippen molar-refractivity contribution < 1.29 is 19.4 Å². The predicted molar refractivity (Wildman–Crippen MR) is 79.9 cm³/mol. The third kappa shape index (κ3) is 3.67. The number of likely N-dealkylation sites (tertiary alicyclic amines) is 1. The first kappa shape index (κ1) is 15.6. The lowest BCUT2D eigenvalue weighted by molar-refractivity contribution is -0.0107. The number of hydrogen-bond donors (Lipinski definition) is 1. The Morgan fingerprint density at radius 1 is 1.43 bits per heavy atom. The Hall–Kier alpha value is -1.75. The second-order valence-corrected chi connectivity index (χ2v) is 5.63. The summed E-state index contributed by atoms with van der Waals surface area (Å²) in [6.07, 6.45) is 1.54. The molecule has 1 aliphatic heterocycles. The number of nitrogens with zero attached hydrogens (tertiary/aromatic N) is 1. The van der Waals surface area contributed by atoms with Gasteiger partial charge in [0, 0.05) is 18.7 Å².